The number of carbonyl (C=O) groups is 1. The van der Waals surface area contributed by atoms with Gasteiger partial charge in [0.15, 0.2) is 11.5 Å². The number of benzene rings is 1. The minimum absolute atomic E-state index is 0.133. The highest BCUT2D eigenvalue weighted by Crippen LogP contribution is 2.19. The van der Waals surface area contributed by atoms with Gasteiger partial charge in [0.2, 0.25) is 5.91 Å². The molecule has 0 aliphatic carbocycles. The molecule has 1 aromatic carbocycles. The summed E-state index contributed by atoms with van der Waals surface area (Å²) < 4.78 is 0. The standard InChI is InChI=1S/C15H13ClN4O/c1-9-2-7-12-14(17-9)19-20-15(12)18-13(21)8-10-3-5-11(16)6-4-10/h2-7H,8H2,1H3,(H2,17,18,19,20,21). The number of aromatic amines is 1. The highest BCUT2D eigenvalue weighted by Gasteiger charge is 2.10. The maximum Gasteiger partial charge on any atom is 0.230 e. The number of hydrogen-bond donors (Lipinski definition) is 2. The smallest absolute Gasteiger partial charge is 0.230 e. The maximum absolute atomic E-state index is 12.1. The van der Waals surface area contributed by atoms with E-state index in [0.29, 0.717) is 16.5 Å². The lowest BCUT2D eigenvalue weighted by Crippen LogP contribution is -2.14. The molecular formula is C15H13ClN4O. The van der Waals surface area contributed by atoms with Crippen molar-refractivity contribution in [3.05, 3.63) is 52.7 Å². The van der Waals surface area contributed by atoms with E-state index in [1.54, 1.807) is 12.1 Å². The number of fused-ring (bicyclic) bond motifs is 1. The van der Waals surface area contributed by atoms with Crippen LogP contribution in [-0.2, 0) is 11.2 Å². The Hall–Kier alpha value is -2.40. The summed E-state index contributed by atoms with van der Waals surface area (Å²) in [5.74, 6) is 0.364. The van der Waals surface area contributed by atoms with Crippen molar-refractivity contribution >= 4 is 34.4 Å². The van der Waals surface area contributed by atoms with E-state index in [9.17, 15) is 4.79 Å². The van der Waals surface area contributed by atoms with Crippen molar-refractivity contribution in [2.24, 2.45) is 0 Å². The van der Waals surface area contributed by atoms with Crippen molar-refractivity contribution in [2.45, 2.75) is 13.3 Å². The van der Waals surface area contributed by atoms with E-state index in [2.05, 4.69) is 20.5 Å². The summed E-state index contributed by atoms with van der Waals surface area (Å²) in [6, 6.07) is 11.0. The quantitative estimate of drug-likeness (QED) is 0.781. The first-order valence-corrected chi connectivity index (χ1v) is 6.85. The third-order valence-corrected chi connectivity index (χ3v) is 3.35. The predicted octanol–water partition coefficient (Wildman–Crippen LogP) is 3.10. The van der Waals surface area contributed by atoms with Crippen LogP contribution < -0.4 is 5.32 Å². The number of aryl methyl sites for hydroxylation is 1. The van der Waals surface area contributed by atoms with E-state index in [-0.39, 0.29) is 12.3 Å². The minimum Gasteiger partial charge on any atom is -0.308 e. The van der Waals surface area contributed by atoms with Gasteiger partial charge in [-0.05, 0) is 36.8 Å². The zero-order valence-corrected chi connectivity index (χ0v) is 12.1. The van der Waals surface area contributed by atoms with Gasteiger partial charge in [-0.25, -0.2) is 4.98 Å². The van der Waals surface area contributed by atoms with Crippen LogP contribution in [0, 0.1) is 6.92 Å². The minimum atomic E-state index is -0.133. The number of amides is 1. The highest BCUT2D eigenvalue weighted by molar-refractivity contribution is 6.30. The fourth-order valence-corrected chi connectivity index (χ4v) is 2.19. The van der Waals surface area contributed by atoms with Crippen LogP contribution in [0.3, 0.4) is 0 Å². The second kappa shape index (κ2) is 5.54. The van der Waals surface area contributed by atoms with Gasteiger partial charge in [0.05, 0.1) is 11.8 Å². The Labute approximate surface area is 126 Å². The van der Waals surface area contributed by atoms with Crippen LogP contribution in [0.1, 0.15) is 11.3 Å². The van der Waals surface area contributed by atoms with E-state index in [0.717, 1.165) is 16.6 Å². The molecule has 3 rings (SSSR count). The Morgan fingerprint density at radius 3 is 2.76 bits per heavy atom. The fourth-order valence-electron chi connectivity index (χ4n) is 2.06. The summed E-state index contributed by atoms with van der Waals surface area (Å²) in [6.45, 7) is 1.90. The second-order valence-electron chi connectivity index (χ2n) is 4.77. The Kier molecular flexibility index (Phi) is 3.58. The molecule has 0 fully saturated rings. The molecule has 0 radical (unpaired) electrons. The molecule has 106 valence electrons. The Balaban J connectivity index is 1.75. The molecule has 0 atom stereocenters. The van der Waals surface area contributed by atoms with E-state index in [4.69, 9.17) is 11.6 Å². The molecule has 2 heterocycles. The van der Waals surface area contributed by atoms with Gasteiger partial charge in [0.1, 0.15) is 0 Å². The lowest BCUT2D eigenvalue weighted by atomic mass is 10.1. The number of carbonyl (C=O) groups excluding carboxylic acids is 1. The van der Waals surface area contributed by atoms with E-state index in [1.165, 1.54) is 0 Å². The average molecular weight is 301 g/mol. The van der Waals surface area contributed by atoms with Crippen molar-refractivity contribution in [1.82, 2.24) is 15.2 Å². The SMILES string of the molecule is Cc1ccc2c(NC(=O)Cc3ccc(Cl)cc3)n[nH]c2n1. The summed E-state index contributed by atoms with van der Waals surface area (Å²) in [4.78, 5) is 16.4. The molecule has 0 bridgehead atoms. The molecule has 0 aliphatic heterocycles. The molecule has 3 aromatic rings. The molecule has 1 amide bonds. The van der Waals surface area contributed by atoms with Gasteiger partial charge in [0, 0.05) is 10.7 Å². The molecule has 2 aromatic heterocycles. The highest BCUT2D eigenvalue weighted by atomic mass is 35.5. The number of H-pyrrole nitrogens is 1. The topological polar surface area (TPSA) is 70.7 Å². The summed E-state index contributed by atoms with van der Waals surface area (Å²) in [6.07, 6.45) is 0.269. The van der Waals surface area contributed by atoms with Crippen molar-refractivity contribution in [3.63, 3.8) is 0 Å². The van der Waals surface area contributed by atoms with Crippen LogP contribution in [-0.4, -0.2) is 21.1 Å². The van der Waals surface area contributed by atoms with E-state index in [1.807, 2.05) is 31.2 Å². The number of aromatic nitrogens is 3. The number of nitrogens with one attached hydrogen (secondary N) is 2. The van der Waals surface area contributed by atoms with Crippen molar-refractivity contribution in [2.75, 3.05) is 5.32 Å². The van der Waals surface area contributed by atoms with Gasteiger partial charge in [0.25, 0.3) is 0 Å². The number of nitrogens with zero attached hydrogens (tertiary/aromatic N) is 2. The second-order valence-corrected chi connectivity index (χ2v) is 5.21. The first-order chi connectivity index (χ1) is 10.1. The average Bonchev–Trinajstić information content (AvgIpc) is 2.83. The van der Waals surface area contributed by atoms with Crippen LogP contribution in [0.2, 0.25) is 5.02 Å². The van der Waals surface area contributed by atoms with Crippen LogP contribution in [0.25, 0.3) is 11.0 Å². The van der Waals surface area contributed by atoms with Crippen LogP contribution in [0.4, 0.5) is 5.82 Å². The fraction of sp³-hybridized carbons (Fsp3) is 0.133. The first-order valence-electron chi connectivity index (χ1n) is 6.48. The van der Waals surface area contributed by atoms with Gasteiger partial charge >= 0.3 is 0 Å². The molecule has 5 nitrogen and oxygen atoms in total. The Morgan fingerprint density at radius 1 is 1.24 bits per heavy atom. The maximum atomic E-state index is 12.1. The number of halogens is 1. The van der Waals surface area contributed by atoms with Crippen molar-refractivity contribution in [3.8, 4) is 0 Å². The molecule has 2 N–H and O–H groups in total. The molecule has 0 saturated carbocycles. The lowest BCUT2D eigenvalue weighted by Gasteiger charge is -2.03. The molecule has 0 aliphatic rings. The zero-order chi connectivity index (χ0) is 14.8. The largest absolute Gasteiger partial charge is 0.308 e. The number of rotatable bonds is 3. The molecular weight excluding hydrogens is 288 g/mol. The van der Waals surface area contributed by atoms with Crippen molar-refractivity contribution < 1.29 is 4.79 Å². The van der Waals surface area contributed by atoms with Gasteiger partial charge < -0.3 is 5.32 Å². The van der Waals surface area contributed by atoms with Gasteiger partial charge in [-0.1, -0.05) is 23.7 Å². The number of hydrogen-bond acceptors (Lipinski definition) is 3. The molecule has 21 heavy (non-hydrogen) atoms. The molecule has 6 heteroatoms. The monoisotopic (exact) mass is 300 g/mol. The summed E-state index contributed by atoms with van der Waals surface area (Å²) in [5.41, 5.74) is 2.45. The first kappa shape index (κ1) is 13.6. The summed E-state index contributed by atoms with van der Waals surface area (Å²) in [5, 5.41) is 11.1. The zero-order valence-electron chi connectivity index (χ0n) is 11.4. The van der Waals surface area contributed by atoms with Gasteiger partial charge in [-0.15, -0.1) is 0 Å². The lowest BCUT2D eigenvalue weighted by molar-refractivity contribution is -0.115. The number of pyridine rings is 1. The van der Waals surface area contributed by atoms with Crippen LogP contribution in [0.15, 0.2) is 36.4 Å². The molecule has 0 saturated heterocycles. The summed E-state index contributed by atoms with van der Waals surface area (Å²) in [7, 11) is 0. The van der Waals surface area contributed by atoms with E-state index < -0.39 is 0 Å². The molecule has 0 spiro atoms. The summed E-state index contributed by atoms with van der Waals surface area (Å²) >= 11 is 5.82. The number of anilines is 1. The Morgan fingerprint density at radius 2 is 2.00 bits per heavy atom. The normalized spacial score (nSPS) is 10.8. The van der Waals surface area contributed by atoms with Crippen molar-refractivity contribution in [1.29, 1.82) is 0 Å². The predicted molar refractivity (Wildman–Crippen MR) is 82.4 cm³/mol. The van der Waals surface area contributed by atoms with Crippen LogP contribution in [0.5, 0.6) is 0 Å². The van der Waals surface area contributed by atoms with Crippen LogP contribution >= 0.6 is 11.6 Å². The molecule has 0 unspecified atom stereocenters. The third-order valence-electron chi connectivity index (χ3n) is 3.10. The Bertz CT molecular complexity index is 795. The van der Waals surface area contributed by atoms with Gasteiger partial charge in [-0.2, -0.15) is 5.10 Å². The van der Waals surface area contributed by atoms with Gasteiger partial charge in [-0.3, -0.25) is 9.89 Å². The van der Waals surface area contributed by atoms with E-state index >= 15 is 0 Å². The third kappa shape index (κ3) is 3.03.